The fourth-order valence-electron chi connectivity index (χ4n) is 3.27. The third-order valence-electron chi connectivity index (χ3n) is 4.77. The molecule has 3 rings (SSSR count). The average molecular weight is 405 g/mol. The van der Waals surface area contributed by atoms with Crippen LogP contribution in [0.15, 0.2) is 66.7 Å². The number of methoxy groups -OCH3 is 2. The van der Waals surface area contributed by atoms with Crippen LogP contribution in [-0.2, 0) is 6.42 Å². The first-order chi connectivity index (χ1) is 14.5. The normalized spacial score (nSPS) is 10.3. The van der Waals surface area contributed by atoms with Crippen LogP contribution in [0.4, 0.5) is 0 Å². The Morgan fingerprint density at radius 3 is 2.07 bits per heavy atom. The zero-order valence-corrected chi connectivity index (χ0v) is 16.8. The molecule has 0 spiro atoms. The Bertz CT molecular complexity index is 1060. The van der Waals surface area contributed by atoms with Crippen molar-refractivity contribution in [2.75, 3.05) is 20.8 Å². The van der Waals surface area contributed by atoms with Crippen LogP contribution < -0.4 is 14.8 Å². The van der Waals surface area contributed by atoms with Gasteiger partial charge in [-0.05, 0) is 47.4 Å². The summed E-state index contributed by atoms with van der Waals surface area (Å²) in [6.07, 6.45) is 0.611. The van der Waals surface area contributed by atoms with E-state index in [9.17, 15) is 14.7 Å². The molecule has 3 aromatic rings. The van der Waals surface area contributed by atoms with Gasteiger partial charge in [0.1, 0.15) is 0 Å². The number of ether oxygens (including phenoxy) is 2. The van der Waals surface area contributed by atoms with E-state index in [1.54, 1.807) is 56.7 Å². The van der Waals surface area contributed by atoms with Gasteiger partial charge < -0.3 is 19.9 Å². The van der Waals surface area contributed by atoms with Crippen molar-refractivity contribution >= 4 is 11.9 Å². The maximum atomic E-state index is 12.8. The number of aromatic carboxylic acids is 1. The number of rotatable bonds is 8. The number of hydrogen-bond donors (Lipinski definition) is 2. The van der Waals surface area contributed by atoms with E-state index in [2.05, 4.69) is 5.32 Å². The molecule has 3 aromatic carbocycles. The average Bonchev–Trinajstić information content (AvgIpc) is 2.78. The van der Waals surface area contributed by atoms with E-state index in [4.69, 9.17) is 9.47 Å². The Morgan fingerprint density at radius 1 is 0.833 bits per heavy atom. The first kappa shape index (κ1) is 20.9. The second-order valence-corrected chi connectivity index (χ2v) is 6.59. The molecule has 6 nitrogen and oxygen atoms in total. The van der Waals surface area contributed by atoms with E-state index >= 15 is 0 Å². The molecule has 0 aliphatic heterocycles. The Morgan fingerprint density at radius 2 is 1.43 bits per heavy atom. The minimum atomic E-state index is -1.03. The van der Waals surface area contributed by atoms with E-state index in [-0.39, 0.29) is 11.5 Å². The van der Waals surface area contributed by atoms with Crippen molar-refractivity contribution in [1.82, 2.24) is 5.32 Å². The lowest BCUT2D eigenvalue weighted by Gasteiger charge is -2.13. The predicted molar refractivity (Wildman–Crippen MR) is 114 cm³/mol. The lowest BCUT2D eigenvalue weighted by atomic mass is 9.95. The van der Waals surface area contributed by atoms with E-state index in [0.29, 0.717) is 41.2 Å². The number of carbonyl (C=O) groups is 2. The van der Waals surface area contributed by atoms with Gasteiger partial charge in [0.05, 0.1) is 19.8 Å². The van der Waals surface area contributed by atoms with Crippen molar-refractivity contribution in [3.05, 3.63) is 83.4 Å². The number of hydrogen-bond acceptors (Lipinski definition) is 4. The summed E-state index contributed by atoms with van der Waals surface area (Å²) in [5.41, 5.74) is 2.67. The Labute approximate surface area is 175 Å². The molecule has 0 aliphatic carbocycles. The molecule has 0 fully saturated rings. The highest BCUT2D eigenvalue weighted by Gasteiger charge is 2.17. The van der Waals surface area contributed by atoms with Gasteiger partial charge in [0.15, 0.2) is 11.5 Å². The predicted octanol–water partition coefficient (Wildman–Crippen LogP) is 4.04. The van der Waals surface area contributed by atoms with Gasteiger partial charge in [0, 0.05) is 12.1 Å². The Kier molecular flexibility index (Phi) is 6.70. The fourth-order valence-corrected chi connectivity index (χ4v) is 3.27. The molecule has 6 heteroatoms. The van der Waals surface area contributed by atoms with Crippen molar-refractivity contribution in [3.63, 3.8) is 0 Å². The first-order valence-electron chi connectivity index (χ1n) is 9.46. The summed E-state index contributed by atoms with van der Waals surface area (Å²) < 4.78 is 10.5. The minimum Gasteiger partial charge on any atom is -0.493 e. The summed E-state index contributed by atoms with van der Waals surface area (Å²) in [5.74, 6) is -0.00575. The Hall–Kier alpha value is -3.80. The molecule has 1 amide bonds. The highest BCUT2D eigenvalue weighted by atomic mass is 16.5. The van der Waals surface area contributed by atoms with E-state index < -0.39 is 5.97 Å². The molecule has 0 bridgehead atoms. The molecule has 154 valence electrons. The molecule has 0 atom stereocenters. The van der Waals surface area contributed by atoms with Crippen LogP contribution in [-0.4, -0.2) is 37.7 Å². The van der Waals surface area contributed by atoms with Crippen LogP contribution in [0.25, 0.3) is 11.1 Å². The van der Waals surface area contributed by atoms with Crippen molar-refractivity contribution in [3.8, 4) is 22.6 Å². The molecule has 0 unspecified atom stereocenters. The molecule has 0 heterocycles. The lowest BCUT2D eigenvalue weighted by Crippen LogP contribution is -2.26. The molecule has 2 N–H and O–H groups in total. The summed E-state index contributed by atoms with van der Waals surface area (Å²) >= 11 is 0. The highest BCUT2D eigenvalue weighted by molar-refractivity contribution is 6.04. The maximum Gasteiger partial charge on any atom is 0.336 e. The molecule has 0 aromatic heterocycles. The van der Waals surface area contributed by atoms with E-state index in [1.165, 1.54) is 6.07 Å². The summed E-state index contributed by atoms with van der Waals surface area (Å²) in [5, 5.41) is 12.4. The molecular weight excluding hydrogens is 382 g/mol. The molecule has 30 heavy (non-hydrogen) atoms. The third-order valence-corrected chi connectivity index (χ3v) is 4.77. The zero-order valence-electron chi connectivity index (χ0n) is 16.8. The van der Waals surface area contributed by atoms with E-state index in [0.717, 1.165) is 5.56 Å². The molecule has 0 radical (unpaired) electrons. The summed E-state index contributed by atoms with van der Waals surface area (Å²) in [6, 6.07) is 19.3. The second-order valence-electron chi connectivity index (χ2n) is 6.59. The maximum absolute atomic E-state index is 12.8. The Balaban J connectivity index is 1.76. The number of carboxylic acids is 1. The van der Waals surface area contributed by atoms with Crippen molar-refractivity contribution in [2.24, 2.45) is 0 Å². The fraction of sp³-hybridized carbons (Fsp3) is 0.167. The van der Waals surface area contributed by atoms with Crippen LogP contribution in [0, 0.1) is 0 Å². The van der Waals surface area contributed by atoms with Gasteiger partial charge in [-0.2, -0.15) is 0 Å². The number of carboxylic acid groups (broad SMARTS) is 1. The first-order valence-corrected chi connectivity index (χ1v) is 9.46. The molecular formula is C24H23NO5. The molecule has 0 saturated heterocycles. The van der Waals surface area contributed by atoms with Crippen LogP contribution >= 0.6 is 0 Å². The summed E-state index contributed by atoms with van der Waals surface area (Å²) in [4.78, 5) is 24.4. The lowest BCUT2D eigenvalue weighted by molar-refractivity contribution is 0.0697. The van der Waals surface area contributed by atoms with Crippen LogP contribution in [0.1, 0.15) is 26.3 Å². The van der Waals surface area contributed by atoms with E-state index in [1.807, 2.05) is 18.2 Å². The molecule has 0 aliphatic rings. The number of carbonyl (C=O) groups excluding carboxylic acids is 1. The smallest absolute Gasteiger partial charge is 0.336 e. The zero-order chi connectivity index (χ0) is 21.5. The van der Waals surface area contributed by atoms with Crippen molar-refractivity contribution < 1.29 is 24.2 Å². The van der Waals surface area contributed by atoms with Gasteiger partial charge in [-0.25, -0.2) is 4.79 Å². The SMILES string of the molecule is COc1ccc(CCNC(=O)c2ccccc2-c2ccccc2C(=O)O)cc1OC. The standard InChI is InChI=1S/C24H23NO5/c1-29-21-12-11-16(15-22(21)30-2)13-14-25-23(26)19-9-5-3-7-17(19)18-8-4-6-10-20(18)24(27)28/h3-12,15H,13-14H2,1-2H3,(H,25,26)(H,27,28). The van der Waals surface area contributed by atoms with Crippen molar-refractivity contribution in [2.45, 2.75) is 6.42 Å². The topological polar surface area (TPSA) is 84.9 Å². The van der Waals surface area contributed by atoms with Gasteiger partial charge in [-0.3, -0.25) is 4.79 Å². The minimum absolute atomic E-state index is 0.156. The van der Waals surface area contributed by atoms with Gasteiger partial charge in [-0.1, -0.05) is 42.5 Å². The monoisotopic (exact) mass is 405 g/mol. The van der Waals surface area contributed by atoms with Gasteiger partial charge in [-0.15, -0.1) is 0 Å². The van der Waals surface area contributed by atoms with Gasteiger partial charge in [0.2, 0.25) is 0 Å². The molecule has 0 saturated carbocycles. The van der Waals surface area contributed by atoms with Crippen LogP contribution in [0.3, 0.4) is 0 Å². The third kappa shape index (κ3) is 4.60. The highest BCUT2D eigenvalue weighted by Crippen LogP contribution is 2.28. The number of nitrogens with one attached hydrogen (secondary N) is 1. The quantitative estimate of drug-likeness (QED) is 0.591. The second kappa shape index (κ2) is 9.60. The number of benzene rings is 3. The van der Waals surface area contributed by atoms with Crippen LogP contribution in [0.5, 0.6) is 11.5 Å². The largest absolute Gasteiger partial charge is 0.493 e. The van der Waals surface area contributed by atoms with Gasteiger partial charge in [0.25, 0.3) is 5.91 Å². The van der Waals surface area contributed by atoms with Gasteiger partial charge >= 0.3 is 5.97 Å². The van der Waals surface area contributed by atoms with Crippen LogP contribution in [0.2, 0.25) is 0 Å². The number of amides is 1. The summed E-state index contributed by atoms with van der Waals surface area (Å²) in [6.45, 7) is 0.420. The summed E-state index contributed by atoms with van der Waals surface area (Å²) in [7, 11) is 3.16. The van der Waals surface area contributed by atoms with Crippen molar-refractivity contribution in [1.29, 1.82) is 0 Å².